The van der Waals surface area contributed by atoms with Gasteiger partial charge in [-0.2, -0.15) is 0 Å². The third kappa shape index (κ3) is 1.75. The van der Waals surface area contributed by atoms with Crippen molar-refractivity contribution >= 4 is 23.2 Å². The molecular weight excluding hydrogens is 348 g/mol. The summed E-state index contributed by atoms with van der Waals surface area (Å²) in [5.74, 6) is 1.83. The van der Waals surface area contributed by atoms with Crippen LogP contribution >= 0.6 is 11.6 Å². The highest BCUT2D eigenvalue weighted by Gasteiger charge is 2.69. The van der Waals surface area contributed by atoms with Gasteiger partial charge in [0.15, 0.2) is 11.6 Å². The molecule has 0 saturated heterocycles. The third-order valence-corrected chi connectivity index (χ3v) is 9.51. The van der Waals surface area contributed by atoms with Crippen LogP contribution in [0.25, 0.3) is 0 Å². The van der Waals surface area contributed by atoms with Crippen molar-refractivity contribution in [2.45, 2.75) is 58.5 Å². The second-order valence-corrected chi connectivity index (χ2v) is 10.3. The molecule has 8 atom stereocenters. The number of ketones is 2. The lowest BCUT2D eigenvalue weighted by Crippen LogP contribution is -2.56. The molecule has 5 rings (SSSR count). The predicted molar refractivity (Wildman–Crippen MR) is 99.4 cm³/mol. The minimum atomic E-state index is -0.995. The Balaban J connectivity index is 1.61. The van der Waals surface area contributed by atoms with Gasteiger partial charge in [-0.15, -0.1) is 0 Å². The van der Waals surface area contributed by atoms with Crippen LogP contribution in [0.2, 0.25) is 0 Å². The first kappa shape index (κ1) is 16.1. The first-order valence-electron chi connectivity index (χ1n) is 10.4. The molecule has 0 spiro atoms. The van der Waals surface area contributed by atoms with E-state index in [4.69, 9.17) is 18.1 Å². The van der Waals surface area contributed by atoms with Crippen molar-refractivity contribution in [1.82, 2.24) is 0 Å². The van der Waals surface area contributed by atoms with E-state index in [1.807, 2.05) is 6.08 Å². The first-order valence-corrected chi connectivity index (χ1v) is 10.4. The maximum atomic E-state index is 12.5. The van der Waals surface area contributed by atoms with Crippen LogP contribution in [0.4, 0.5) is 0 Å². The van der Waals surface area contributed by atoms with E-state index < -0.39 is 5.60 Å². The Morgan fingerprint density at radius 3 is 2.69 bits per heavy atom. The van der Waals surface area contributed by atoms with Gasteiger partial charge < -0.3 is 5.11 Å². The zero-order valence-electron chi connectivity index (χ0n) is 16.7. The number of allylic oxidation sites excluding steroid dienone is 4. The number of Topliss-reactive ketones (excluding diaryl/α,β-unsaturated/α-hetero) is 1. The molecule has 4 heteroatoms. The number of halogens is 1. The molecule has 26 heavy (non-hydrogen) atoms. The van der Waals surface area contributed by atoms with Gasteiger partial charge in [0.05, 0.1) is 0 Å². The van der Waals surface area contributed by atoms with Gasteiger partial charge in [0.25, 0.3) is 0 Å². The molecule has 3 saturated carbocycles. The monoisotopic (exact) mass is 375 g/mol. The smallest absolute Gasteiger partial charge is 0.212 e. The first-order chi connectivity index (χ1) is 12.7. The molecule has 5 aliphatic carbocycles. The highest BCUT2D eigenvalue weighted by atomic mass is 35.5. The fourth-order valence-corrected chi connectivity index (χ4v) is 7.95. The molecule has 0 radical (unpaired) electrons. The summed E-state index contributed by atoms with van der Waals surface area (Å²) in [4.78, 5) is 24.9. The fourth-order valence-electron chi connectivity index (χ4n) is 7.54. The zero-order chi connectivity index (χ0) is 19.4. The Hall–Kier alpha value is -0.930. The lowest BCUT2D eigenvalue weighted by Gasteiger charge is -2.57. The molecule has 0 aromatic rings. The van der Waals surface area contributed by atoms with E-state index in [1.165, 1.54) is 0 Å². The summed E-state index contributed by atoms with van der Waals surface area (Å²) < 4.78 is 7.74. The standard InChI is InChI=1S/C22H27ClO3/c1-11(24)22(26)7-5-14-12-9-18(23)17-10-19(25)13-8-16(13)21(17,3)15(12)4-6-20(14,22)2/h9-10,12-16,26H,4-8H2,1-3H3/t12-,13+,14-,15-,16-,20-,21-,22-/m0/s1/i26D. The average Bonchev–Trinajstić information content (AvgIpc) is 3.36. The van der Waals surface area contributed by atoms with Crippen molar-refractivity contribution < 1.29 is 14.7 Å². The summed E-state index contributed by atoms with van der Waals surface area (Å²) in [5.41, 5.74) is -0.324. The number of carbonyl (C=O) groups is 2. The van der Waals surface area contributed by atoms with Crippen molar-refractivity contribution in [1.29, 1.82) is 1.43 Å². The normalized spacial score (nSPS) is 54.8. The number of hydrogen-bond donors (Lipinski definition) is 1. The molecule has 140 valence electrons. The van der Waals surface area contributed by atoms with Gasteiger partial charge in [0, 0.05) is 21.8 Å². The molecular formula is C22H27ClO3. The summed E-state index contributed by atoms with van der Waals surface area (Å²) in [5, 5.41) is 5.94. The van der Waals surface area contributed by atoms with Crippen molar-refractivity contribution in [3.05, 3.63) is 22.8 Å². The van der Waals surface area contributed by atoms with E-state index in [9.17, 15) is 9.59 Å². The lowest BCUT2D eigenvalue weighted by molar-refractivity contribution is -0.157. The number of carbonyl (C=O) groups excluding carboxylic acids is 2. The van der Waals surface area contributed by atoms with Gasteiger partial charge in [-0.3, -0.25) is 9.59 Å². The Morgan fingerprint density at radius 2 is 2.00 bits per heavy atom. The Bertz CT molecular complexity index is 818. The summed E-state index contributed by atoms with van der Waals surface area (Å²) in [6.07, 6.45) is 8.35. The van der Waals surface area contributed by atoms with E-state index in [0.29, 0.717) is 18.3 Å². The quantitative estimate of drug-likeness (QED) is 0.792. The van der Waals surface area contributed by atoms with Gasteiger partial charge >= 0.3 is 0 Å². The molecule has 0 heterocycles. The van der Waals surface area contributed by atoms with Crippen LogP contribution in [0.3, 0.4) is 0 Å². The van der Waals surface area contributed by atoms with Gasteiger partial charge in [-0.05, 0) is 74.3 Å². The highest BCUT2D eigenvalue weighted by molar-refractivity contribution is 6.32. The molecule has 5 aliphatic rings. The van der Waals surface area contributed by atoms with Gasteiger partial charge in [0.2, 0.25) is 1.43 Å². The van der Waals surface area contributed by atoms with Crippen LogP contribution in [0, 0.1) is 40.4 Å². The van der Waals surface area contributed by atoms with Crippen LogP contribution in [-0.4, -0.2) is 23.7 Å². The van der Waals surface area contributed by atoms with Crippen molar-refractivity contribution in [2.24, 2.45) is 40.4 Å². The second-order valence-electron chi connectivity index (χ2n) is 9.87. The fraction of sp³-hybridized carbons (Fsp3) is 0.727. The van der Waals surface area contributed by atoms with Crippen LogP contribution in [0.5, 0.6) is 0 Å². The van der Waals surface area contributed by atoms with E-state index in [2.05, 4.69) is 19.9 Å². The number of fused-ring (bicyclic) bond motifs is 7. The molecule has 0 amide bonds. The predicted octanol–water partition coefficient (Wildman–Crippen LogP) is 4.04. The van der Waals surface area contributed by atoms with E-state index >= 15 is 0 Å². The molecule has 1 N–H and O–H groups in total. The average molecular weight is 376 g/mol. The van der Waals surface area contributed by atoms with Crippen LogP contribution < -0.4 is 0 Å². The molecule has 3 nitrogen and oxygen atoms in total. The van der Waals surface area contributed by atoms with Crippen LogP contribution in [0.1, 0.15) is 52.9 Å². The Morgan fingerprint density at radius 1 is 1.27 bits per heavy atom. The summed E-state index contributed by atoms with van der Waals surface area (Å²) in [6, 6.07) is 0. The maximum Gasteiger partial charge on any atom is 0.212 e. The second kappa shape index (κ2) is 4.91. The van der Waals surface area contributed by atoms with Crippen LogP contribution in [-0.2, 0) is 9.59 Å². The molecule has 0 aromatic heterocycles. The molecule has 0 aromatic carbocycles. The Kier molecular flexibility index (Phi) is 3.03. The van der Waals surface area contributed by atoms with Gasteiger partial charge in [-0.25, -0.2) is 0 Å². The van der Waals surface area contributed by atoms with E-state index in [0.717, 1.165) is 36.3 Å². The lowest BCUT2D eigenvalue weighted by atomic mass is 9.47. The summed E-state index contributed by atoms with van der Waals surface area (Å²) in [6.45, 7) is 6.04. The van der Waals surface area contributed by atoms with Crippen molar-refractivity contribution in [2.75, 3.05) is 0 Å². The molecule has 3 fully saturated rings. The Labute approximate surface area is 161 Å². The van der Waals surface area contributed by atoms with Gasteiger partial charge in [-0.1, -0.05) is 31.5 Å². The SMILES string of the molecule is [2H]O[C@]1(C(C)=O)CC[C@H]2[C@@H]3C=C(Cl)C4=CC(=O)[C@@H]5C[C@@H]5[C@]4(C)[C@H]3CC[C@@]21C. The minimum Gasteiger partial charge on any atom is -0.382 e. The topological polar surface area (TPSA) is 54.4 Å². The molecule has 0 bridgehead atoms. The number of aliphatic hydroxyl groups is 1. The minimum absolute atomic E-state index is 0.0239. The summed E-state index contributed by atoms with van der Waals surface area (Å²) in [7, 11) is 0. The third-order valence-electron chi connectivity index (χ3n) is 9.18. The maximum absolute atomic E-state index is 12.5. The largest absolute Gasteiger partial charge is 0.382 e. The van der Waals surface area contributed by atoms with E-state index in [1.54, 1.807) is 6.92 Å². The number of rotatable bonds is 2. The summed E-state index contributed by atoms with van der Waals surface area (Å²) >= 11 is 6.76. The van der Waals surface area contributed by atoms with Crippen LogP contribution in [0.15, 0.2) is 22.8 Å². The van der Waals surface area contributed by atoms with Gasteiger partial charge in [0.1, 0.15) is 5.60 Å². The molecule has 0 aliphatic heterocycles. The van der Waals surface area contributed by atoms with Crippen molar-refractivity contribution in [3.63, 3.8) is 0 Å². The number of hydrogen-bond acceptors (Lipinski definition) is 3. The highest BCUT2D eigenvalue weighted by Crippen LogP contribution is 2.72. The molecule has 0 unspecified atom stereocenters. The zero-order valence-corrected chi connectivity index (χ0v) is 16.4. The van der Waals surface area contributed by atoms with Crippen molar-refractivity contribution in [3.8, 4) is 0 Å². The van der Waals surface area contributed by atoms with E-state index in [-0.39, 0.29) is 40.2 Å².